The summed E-state index contributed by atoms with van der Waals surface area (Å²) in [5.74, 6) is -3.44. The highest BCUT2D eigenvalue weighted by atomic mass is 32.1. The molecule has 2 aromatic rings. The Balaban J connectivity index is 1.97. The number of hydrogen-bond acceptors (Lipinski definition) is 5. The second-order valence-corrected chi connectivity index (χ2v) is 7.08. The number of anilines is 1. The number of halogens is 2. The minimum absolute atomic E-state index is 0.170. The van der Waals surface area contributed by atoms with Gasteiger partial charge in [-0.1, -0.05) is 6.07 Å². The van der Waals surface area contributed by atoms with Crippen molar-refractivity contribution in [3.63, 3.8) is 0 Å². The predicted molar refractivity (Wildman–Crippen MR) is 98.5 cm³/mol. The predicted octanol–water partition coefficient (Wildman–Crippen LogP) is 2.76. The van der Waals surface area contributed by atoms with Crippen LogP contribution < -0.4 is 10.6 Å². The molecule has 148 valence electrons. The number of thiophene rings is 1. The first kappa shape index (κ1) is 19.7. The van der Waals surface area contributed by atoms with E-state index in [1.165, 1.54) is 19.1 Å². The van der Waals surface area contributed by atoms with E-state index in [1.807, 2.05) is 0 Å². The molecule has 0 saturated carbocycles. The van der Waals surface area contributed by atoms with Crippen LogP contribution in [-0.2, 0) is 17.7 Å². The molecule has 0 spiro atoms. The number of hydrogen-bond donors (Lipinski definition) is 2. The molecule has 0 radical (unpaired) electrons. The molecule has 7 nitrogen and oxygen atoms in total. The van der Waals surface area contributed by atoms with Crippen LogP contribution in [0.25, 0.3) is 0 Å². The first-order chi connectivity index (χ1) is 13.4. The number of amides is 3. The topological polar surface area (TPSA) is 87.7 Å². The minimum atomic E-state index is -1.00. The van der Waals surface area contributed by atoms with Gasteiger partial charge in [-0.15, -0.1) is 11.3 Å². The van der Waals surface area contributed by atoms with Crippen molar-refractivity contribution in [2.24, 2.45) is 0 Å². The van der Waals surface area contributed by atoms with E-state index in [1.54, 1.807) is 0 Å². The van der Waals surface area contributed by atoms with Gasteiger partial charge >= 0.3 is 6.09 Å². The molecule has 10 heteroatoms. The molecule has 0 unspecified atom stereocenters. The van der Waals surface area contributed by atoms with Crippen molar-refractivity contribution in [2.45, 2.75) is 13.0 Å². The fourth-order valence-electron chi connectivity index (χ4n) is 3.02. The Labute approximate surface area is 163 Å². The van der Waals surface area contributed by atoms with Crippen LogP contribution in [0.2, 0.25) is 0 Å². The standard InChI is InChI=1S/C18H17F2N3O4S/c1-21-15(24)13-9-6-7-23(18(26)27-2)8-12(9)28-17(13)22-16(25)14-10(19)4-3-5-11(14)20/h3-5H,6-8H2,1-2H3,(H,21,24)(H,22,25). The number of ether oxygens (including phenoxy) is 1. The van der Waals surface area contributed by atoms with E-state index in [4.69, 9.17) is 4.74 Å². The molecule has 0 fully saturated rings. The summed E-state index contributed by atoms with van der Waals surface area (Å²) in [6.07, 6.45) is -0.118. The minimum Gasteiger partial charge on any atom is -0.453 e. The Hall–Kier alpha value is -3.01. The SMILES string of the molecule is CNC(=O)c1c(NC(=O)c2c(F)cccc2F)sc2c1CCN(C(=O)OC)C2. The lowest BCUT2D eigenvalue weighted by Gasteiger charge is -2.25. The van der Waals surface area contributed by atoms with Crippen LogP contribution in [0.3, 0.4) is 0 Å². The molecule has 28 heavy (non-hydrogen) atoms. The molecule has 1 aromatic carbocycles. The quantitative estimate of drug-likeness (QED) is 0.816. The largest absolute Gasteiger partial charge is 0.453 e. The van der Waals surface area contributed by atoms with Gasteiger partial charge in [-0.05, 0) is 24.1 Å². The van der Waals surface area contributed by atoms with Gasteiger partial charge in [0.2, 0.25) is 0 Å². The summed E-state index contributed by atoms with van der Waals surface area (Å²) in [5, 5.41) is 5.12. The highest BCUT2D eigenvalue weighted by Gasteiger charge is 2.31. The summed E-state index contributed by atoms with van der Waals surface area (Å²) in [6.45, 7) is 0.552. The van der Waals surface area contributed by atoms with Crippen molar-refractivity contribution in [2.75, 3.05) is 26.0 Å². The normalized spacial score (nSPS) is 12.9. The molecule has 3 amide bonds. The van der Waals surface area contributed by atoms with Crippen molar-refractivity contribution in [1.29, 1.82) is 0 Å². The molecule has 0 saturated heterocycles. The second kappa shape index (κ2) is 7.93. The fraction of sp³-hybridized carbons (Fsp3) is 0.278. The number of nitrogens with zero attached hydrogens (tertiary/aromatic N) is 1. The molecule has 3 rings (SSSR count). The number of fused-ring (bicyclic) bond motifs is 1. The van der Waals surface area contributed by atoms with E-state index in [-0.39, 0.29) is 17.1 Å². The molecule has 1 aliphatic heterocycles. The average Bonchev–Trinajstić information content (AvgIpc) is 3.03. The lowest BCUT2D eigenvalue weighted by Crippen LogP contribution is -2.35. The van der Waals surface area contributed by atoms with Crippen molar-refractivity contribution in [3.8, 4) is 0 Å². The van der Waals surface area contributed by atoms with Gasteiger partial charge in [-0.2, -0.15) is 0 Å². The maximum atomic E-state index is 13.9. The number of methoxy groups -OCH3 is 1. The summed E-state index contributed by atoms with van der Waals surface area (Å²) in [7, 11) is 2.72. The van der Waals surface area contributed by atoms with Gasteiger partial charge in [0.1, 0.15) is 22.2 Å². The van der Waals surface area contributed by atoms with Crippen LogP contribution in [-0.4, -0.2) is 43.5 Å². The molecule has 1 aromatic heterocycles. The first-order valence-electron chi connectivity index (χ1n) is 8.32. The molecule has 1 aliphatic rings. The Morgan fingerprint density at radius 2 is 1.82 bits per heavy atom. The number of carbonyl (C=O) groups excluding carboxylic acids is 3. The lowest BCUT2D eigenvalue weighted by atomic mass is 10.0. The van der Waals surface area contributed by atoms with Crippen LogP contribution in [0.4, 0.5) is 18.6 Å². The third kappa shape index (κ3) is 3.55. The fourth-order valence-corrected chi connectivity index (χ4v) is 4.28. The molecule has 0 aliphatic carbocycles. The third-order valence-electron chi connectivity index (χ3n) is 4.36. The van der Waals surface area contributed by atoms with Crippen molar-refractivity contribution < 1.29 is 27.9 Å². The smallest absolute Gasteiger partial charge is 0.409 e. The summed E-state index contributed by atoms with van der Waals surface area (Å²) in [5.41, 5.74) is 0.193. The summed E-state index contributed by atoms with van der Waals surface area (Å²) < 4.78 is 32.5. The monoisotopic (exact) mass is 409 g/mol. The van der Waals surface area contributed by atoms with Gasteiger partial charge in [-0.25, -0.2) is 13.6 Å². The van der Waals surface area contributed by atoms with Crippen LogP contribution >= 0.6 is 11.3 Å². The summed E-state index contributed by atoms with van der Waals surface area (Å²) in [6, 6.07) is 3.11. The van der Waals surface area contributed by atoms with E-state index >= 15 is 0 Å². The molecule has 0 atom stereocenters. The molecular weight excluding hydrogens is 392 g/mol. The second-order valence-electron chi connectivity index (χ2n) is 5.98. The van der Waals surface area contributed by atoms with Gasteiger partial charge in [0.25, 0.3) is 11.8 Å². The van der Waals surface area contributed by atoms with Gasteiger partial charge in [0.15, 0.2) is 0 Å². The van der Waals surface area contributed by atoms with Crippen LogP contribution in [0.15, 0.2) is 18.2 Å². The number of nitrogens with one attached hydrogen (secondary N) is 2. The summed E-state index contributed by atoms with van der Waals surface area (Å²) in [4.78, 5) is 38.8. The van der Waals surface area contributed by atoms with Gasteiger partial charge in [0, 0.05) is 18.5 Å². The Morgan fingerprint density at radius 3 is 2.43 bits per heavy atom. The zero-order chi connectivity index (χ0) is 20.4. The highest BCUT2D eigenvalue weighted by Crippen LogP contribution is 2.37. The molecule has 0 bridgehead atoms. The zero-order valence-corrected chi connectivity index (χ0v) is 15.9. The molecular formula is C18H17F2N3O4S. The average molecular weight is 409 g/mol. The number of benzene rings is 1. The Kier molecular flexibility index (Phi) is 5.59. The number of carbonyl (C=O) groups is 3. The maximum absolute atomic E-state index is 13.9. The zero-order valence-electron chi connectivity index (χ0n) is 15.1. The third-order valence-corrected chi connectivity index (χ3v) is 5.49. The maximum Gasteiger partial charge on any atom is 0.409 e. The van der Waals surface area contributed by atoms with E-state index < -0.39 is 35.1 Å². The highest BCUT2D eigenvalue weighted by molar-refractivity contribution is 7.17. The van der Waals surface area contributed by atoms with Crippen molar-refractivity contribution in [3.05, 3.63) is 51.4 Å². The van der Waals surface area contributed by atoms with Gasteiger partial charge in [0.05, 0.1) is 19.2 Å². The van der Waals surface area contributed by atoms with Crippen LogP contribution in [0.5, 0.6) is 0 Å². The van der Waals surface area contributed by atoms with Crippen molar-refractivity contribution in [1.82, 2.24) is 10.2 Å². The first-order valence-corrected chi connectivity index (χ1v) is 9.13. The molecule has 2 N–H and O–H groups in total. The lowest BCUT2D eigenvalue weighted by molar-refractivity contribution is 0.0962. The van der Waals surface area contributed by atoms with E-state index in [0.717, 1.165) is 29.5 Å². The van der Waals surface area contributed by atoms with Crippen LogP contribution in [0.1, 0.15) is 31.2 Å². The van der Waals surface area contributed by atoms with Crippen molar-refractivity contribution >= 4 is 34.2 Å². The van der Waals surface area contributed by atoms with E-state index in [2.05, 4.69) is 10.6 Å². The summed E-state index contributed by atoms with van der Waals surface area (Å²) >= 11 is 1.08. The van der Waals surface area contributed by atoms with Gasteiger partial charge < -0.3 is 20.3 Å². The van der Waals surface area contributed by atoms with E-state index in [9.17, 15) is 23.2 Å². The van der Waals surface area contributed by atoms with Gasteiger partial charge in [-0.3, -0.25) is 9.59 Å². The van der Waals surface area contributed by atoms with Crippen LogP contribution in [0, 0.1) is 11.6 Å². The Morgan fingerprint density at radius 1 is 1.14 bits per heavy atom. The molecule has 2 heterocycles. The number of rotatable bonds is 3. The Bertz CT molecular complexity index is 940. The van der Waals surface area contributed by atoms with E-state index in [0.29, 0.717) is 23.4 Å².